The molecule has 0 aromatic carbocycles. The number of carbonyl (C=O) groups is 4. The van der Waals surface area contributed by atoms with Gasteiger partial charge >= 0.3 is 23.9 Å². The van der Waals surface area contributed by atoms with E-state index in [9.17, 15) is 19.2 Å². The van der Waals surface area contributed by atoms with Crippen LogP contribution in [0.15, 0.2) is 0 Å². The van der Waals surface area contributed by atoms with Gasteiger partial charge in [-0.3, -0.25) is 9.59 Å². The minimum Gasteiger partial charge on any atom is -0.479 e. The van der Waals surface area contributed by atoms with Crippen molar-refractivity contribution in [3.63, 3.8) is 0 Å². The van der Waals surface area contributed by atoms with E-state index in [-0.39, 0.29) is 19.4 Å². The molecule has 0 aliphatic heterocycles. The summed E-state index contributed by atoms with van der Waals surface area (Å²) in [5, 5.41) is 8.29. The second-order valence-electron chi connectivity index (χ2n) is 4.14. The number of esters is 3. The molecule has 0 heterocycles. The number of unbranched alkanes of at least 4 members (excludes halogenated alkanes) is 1. The van der Waals surface area contributed by atoms with Gasteiger partial charge in [0.05, 0.1) is 6.61 Å². The summed E-state index contributed by atoms with van der Waals surface area (Å²) in [6, 6.07) is 0. The maximum atomic E-state index is 11.3. The summed E-state index contributed by atoms with van der Waals surface area (Å²) in [4.78, 5) is 43.5. The van der Waals surface area contributed by atoms with Crippen molar-refractivity contribution in [3.8, 4) is 0 Å². The Labute approximate surface area is 122 Å². The van der Waals surface area contributed by atoms with Crippen LogP contribution in [0.5, 0.6) is 0 Å². The highest BCUT2D eigenvalue weighted by molar-refractivity contribution is 5.76. The Morgan fingerprint density at radius 1 is 0.810 bits per heavy atom. The quantitative estimate of drug-likeness (QED) is 0.336. The molecule has 21 heavy (non-hydrogen) atoms. The Hall–Kier alpha value is -2.12. The lowest BCUT2D eigenvalue weighted by Crippen LogP contribution is -2.16. The molecule has 0 spiro atoms. The van der Waals surface area contributed by atoms with Gasteiger partial charge in [0.2, 0.25) is 0 Å². The Morgan fingerprint density at radius 3 is 1.81 bits per heavy atom. The summed E-state index contributed by atoms with van der Waals surface area (Å²) in [6.45, 7) is 1.05. The molecule has 1 N–H and O–H groups in total. The molecule has 0 saturated carbocycles. The van der Waals surface area contributed by atoms with Crippen LogP contribution in [-0.4, -0.2) is 48.8 Å². The molecule has 0 aromatic rings. The van der Waals surface area contributed by atoms with Gasteiger partial charge in [-0.25, -0.2) is 9.59 Å². The maximum absolute atomic E-state index is 11.3. The van der Waals surface area contributed by atoms with Crippen molar-refractivity contribution in [2.75, 3.05) is 19.8 Å². The predicted molar refractivity (Wildman–Crippen MR) is 69.3 cm³/mol. The third kappa shape index (κ3) is 12.6. The van der Waals surface area contributed by atoms with Gasteiger partial charge in [0.1, 0.15) is 0 Å². The van der Waals surface area contributed by atoms with Gasteiger partial charge in [0.25, 0.3) is 0 Å². The van der Waals surface area contributed by atoms with Crippen LogP contribution in [0.4, 0.5) is 0 Å². The van der Waals surface area contributed by atoms with E-state index in [0.29, 0.717) is 19.3 Å². The predicted octanol–water partition coefficient (Wildman–Crippen LogP) is 0.671. The van der Waals surface area contributed by atoms with Crippen molar-refractivity contribution in [2.45, 2.75) is 39.0 Å². The van der Waals surface area contributed by atoms with Crippen molar-refractivity contribution >= 4 is 23.9 Å². The molecule has 0 aromatic heterocycles. The summed E-state index contributed by atoms with van der Waals surface area (Å²) in [7, 11) is 0. The van der Waals surface area contributed by atoms with Crippen LogP contribution in [0, 0.1) is 0 Å². The molecule has 0 atom stereocenters. The SMILES string of the molecule is CCCOC(=O)COC(=O)CCCCC(=O)OCC(=O)O. The Bertz CT molecular complexity index is 363. The van der Waals surface area contributed by atoms with E-state index >= 15 is 0 Å². The normalized spacial score (nSPS) is 9.76. The molecule has 0 fully saturated rings. The molecule has 8 nitrogen and oxygen atoms in total. The highest BCUT2D eigenvalue weighted by Crippen LogP contribution is 2.03. The zero-order valence-electron chi connectivity index (χ0n) is 12.0. The number of carboxylic acid groups (broad SMARTS) is 1. The first-order valence-corrected chi connectivity index (χ1v) is 6.64. The third-order valence-corrected chi connectivity index (χ3v) is 2.19. The van der Waals surface area contributed by atoms with Gasteiger partial charge in [0.15, 0.2) is 13.2 Å². The molecule has 0 rings (SSSR count). The average molecular weight is 304 g/mol. The van der Waals surface area contributed by atoms with Crippen LogP contribution in [0.1, 0.15) is 39.0 Å². The summed E-state index contributed by atoms with van der Waals surface area (Å²) in [5.41, 5.74) is 0. The highest BCUT2D eigenvalue weighted by Gasteiger charge is 2.10. The van der Waals surface area contributed by atoms with E-state index in [1.165, 1.54) is 0 Å². The fourth-order valence-corrected chi connectivity index (χ4v) is 1.22. The van der Waals surface area contributed by atoms with Gasteiger partial charge in [-0.2, -0.15) is 0 Å². The Morgan fingerprint density at radius 2 is 1.33 bits per heavy atom. The first-order chi connectivity index (χ1) is 9.95. The first-order valence-electron chi connectivity index (χ1n) is 6.64. The first kappa shape index (κ1) is 18.9. The summed E-state index contributed by atoms with van der Waals surface area (Å²) in [5.74, 6) is -3.00. The lowest BCUT2D eigenvalue weighted by Gasteiger charge is -2.05. The van der Waals surface area contributed by atoms with Crippen LogP contribution >= 0.6 is 0 Å². The summed E-state index contributed by atoms with van der Waals surface area (Å²) < 4.78 is 13.8. The zero-order chi connectivity index (χ0) is 16.1. The molecule has 0 unspecified atom stereocenters. The van der Waals surface area contributed by atoms with Crippen LogP contribution in [0.2, 0.25) is 0 Å². The number of aliphatic carboxylic acids is 1. The number of carboxylic acids is 1. The second-order valence-corrected chi connectivity index (χ2v) is 4.14. The highest BCUT2D eigenvalue weighted by atomic mass is 16.6. The number of carbonyl (C=O) groups excluding carboxylic acids is 3. The van der Waals surface area contributed by atoms with Crippen LogP contribution in [-0.2, 0) is 33.4 Å². The van der Waals surface area contributed by atoms with E-state index in [1.807, 2.05) is 6.92 Å². The van der Waals surface area contributed by atoms with Crippen molar-refractivity contribution < 1.29 is 38.5 Å². The monoisotopic (exact) mass is 304 g/mol. The van der Waals surface area contributed by atoms with Crippen LogP contribution < -0.4 is 0 Å². The van der Waals surface area contributed by atoms with E-state index in [1.54, 1.807) is 0 Å². The number of rotatable bonds is 11. The standard InChI is InChI=1S/C13H20O8/c1-2-7-19-13(18)9-21-12(17)6-4-3-5-11(16)20-8-10(14)15/h2-9H2,1H3,(H,14,15). The van der Waals surface area contributed by atoms with Crippen molar-refractivity contribution in [1.29, 1.82) is 0 Å². The topological polar surface area (TPSA) is 116 Å². The average Bonchev–Trinajstić information content (AvgIpc) is 2.45. The largest absolute Gasteiger partial charge is 0.479 e. The maximum Gasteiger partial charge on any atom is 0.344 e. The molecule has 8 heteroatoms. The van der Waals surface area contributed by atoms with E-state index < -0.39 is 37.1 Å². The van der Waals surface area contributed by atoms with E-state index in [4.69, 9.17) is 9.84 Å². The van der Waals surface area contributed by atoms with Gasteiger partial charge in [-0.1, -0.05) is 6.92 Å². The van der Waals surface area contributed by atoms with Crippen LogP contribution in [0.3, 0.4) is 0 Å². The van der Waals surface area contributed by atoms with Crippen LogP contribution in [0.25, 0.3) is 0 Å². The molecule has 0 amide bonds. The summed E-state index contributed by atoms with van der Waals surface area (Å²) in [6.07, 6.45) is 1.53. The van der Waals surface area contributed by atoms with Gasteiger partial charge in [-0.15, -0.1) is 0 Å². The minimum absolute atomic E-state index is 0.0269. The fourth-order valence-electron chi connectivity index (χ4n) is 1.22. The molecular formula is C13H20O8. The Kier molecular flexibility index (Phi) is 10.5. The molecular weight excluding hydrogens is 284 g/mol. The molecule has 120 valence electrons. The fraction of sp³-hybridized carbons (Fsp3) is 0.692. The summed E-state index contributed by atoms with van der Waals surface area (Å²) >= 11 is 0. The minimum atomic E-state index is -1.22. The molecule has 0 aliphatic rings. The zero-order valence-corrected chi connectivity index (χ0v) is 12.0. The van der Waals surface area contributed by atoms with E-state index in [2.05, 4.69) is 9.47 Å². The van der Waals surface area contributed by atoms with Gasteiger partial charge in [0, 0.05) is 12.8 Å². The van der Waals surface area contributed by atoms with Gasteiger partial charge in [-0.05, 0) is 19.3 Å². The number of hydrogen-bond acceptors (Lipinski definition) is 7. The lowest BCUT2D eigenvalue weighted by atomic mass is 10.2. The van der Waals surface area contributed by atoms with Crippen molar-refractivity contribution in [1.82, 2.24) is 0 Å². The van der Waals surface area contributed by atoms with E-state index in [0.717, 1.165) is 0 Å². The molecule has 0 radical (unpaired) electrons. The smallest absolute Gasteiger partial charge is 0.344 e. The lowest BCUT2D eigenvalue weighted by molar-refractivity contribution is -0.159. The number of hydrogen-bond donors (Lipinski definition) is 1. The van der Waals surface area contributed by atoms with Crippen molar-refractivity contribution in [2.24, 2.45) is 0 Å². The van der Waals surface area contributed by atoms with Crippen molar-refractivity contribution in [3.05, 3.63) is 0 Å². The van der Waals surface area contributed by atoms with Gasteiger partial charge < -0.3 is 19.3 Å². The second kappa shape index (κ2) is 11.7. The Balaban J connectivity index is 3.55. The molecule has 0 bridgehead atoms. The number of ether oxygens (including phenoxy) is 3. The molecule has 0 saturated heterocycles. The molecule has 0 aliphatic carbocycles. The third-order valence-electron chi connectivity index (χ3n) is 2.19.